The third-order valence-corrected chi connectivity index (χ3v) is 5.97. The van der Waals surface area contributed by atoms with Gasteiger partial charge in [-0.3, -0.25) is 4.90 Å². The van der Waals surface area contributed by atoms with Gasteiger partial charge in [0.25, 0.3) is 5.89 Å². The molecule has 2 aliphatic heterocycles. The monoisotopic (exact) mass is 472 g/mol. The Morgan fingerprint density at radius 1 is 1.29 bits per heavy atom. The molecule has 2 amide bonds. The van der Waals surface area contributed by atoms with Gasteiger partial charge in [-0.2, -0.15) is 0 Å². The molecule has 11 heteroatoms. The summed E-state index contributed by atoms with van der Waals surface area (Å²) in [5.41, 5.74) is 4.23. The smallest absolute Gasteiger partial charge is 0.410 e. The zero-order chi connectivity index (χ0) is 24.4. The van der Waals surface area contributed by atoms with Crippen LogP contribution in [0.15, 0.2) is 16.5 Å². The molecule has 184 valence electrons. The maximum Gasteiger partial charge on any atom is 0.410 e. The number of anilines is 2. The Morgan fingerprint density at radius 2 is 2.09 bits per heavy atom. The van der Waals surface area contributed by atoms with Crippen LogP contribution in [0.4, 0.5) is 21.3 Å². The summed E-state index contributed by atoms with van der Waals surface area (Å²) in [7, 11) is 0. The average molecular weight is 473 g/mol. The van der Waals surface area contributed by atoms with Gasteiger partial charge in [-0.15, -0.1) is 5.10 Å². The molecule has 2 fully saturated rings. The van der Waals surface area contributed by atoms with Crippen LogP contribution in [0.5, 0.6) is 0 Å². The standard InChI is InChI=1S/C23H32N6O5/c1-13(2)32-23(31)29-7-6-28(11-15(29)4)12-17-8-14(3)9-18(16(17)5)25-21-27-26-20(34-21)19-10-24-22(30)33-19/h8-9,13,15,19H,6-7,10-12H2,1-5H3,(H,24,30)(H,25,27)/t15-,19-/m0/s1. The molecule has 34 heavy (non-hydrogen) atoms. The fourth-order valence-corrected chi connectivity index (χ4v) is 4.24. The summed E-state index contributed by atoms with van der Waals surface area (Å²) in [6.07, 6.45) is -1.45. The van der Waals surface area contributed by atoms with Crippen molar-refractivity contribution in [1.29, 1.82) is 0 Å². The van der Waals surface area contributed by atoms with E-state index in [2.05, 4.69) is 38.7 Å². The van der Waals surface area contributed by atoms with Crippen LogP contribution >= 0.6 is 0 Å². The lowest BCUT2D eigenvalue weighted by atomic mass is 10.0. The number of hydrogen-bond acceptors (Lipinski definition) is 9. The van der Waals surface area contributed by atoms with Gasteiger partial charge in [-0.1, -0.05) is 11.2 Å². The van der Waals surface area contributed by atoms with Crippen LogP contribution in [0, 0.1) is 13.8 Å². The Morgan fingerprint density at radius 3 is 2.76 bits per heavy atom. The average Bonchev–Trinajstić information content (AvgIpc) is 3.40. The number of nitrogens with zero attached hydrogens (tertiary/aromatic N) is 4. The highest BCUT2D eigenvalue weighted by atomic mass is 16.6. The number of ether oxygens (including phenoxy) is 2. The number of carbonyl (C=O) groups excluding carboxylic acids is 2. The summed E-state index contributed by atoms with van der Waals surface area (Å²) in [6.45, 7) is 13.1. The minimum absolute atomic E-state index is 0.0682. The van der Waals surface area contributed by atoms with Gasteiger partial charge in [0.05, 0.1) is 12.6 Å². The van der Waals surface area contributed by atoms with Crippen LogP contribution < -0.4 is 10.6 Å². The number of piperazine rings is 1. The van der Waals surface area contributed by atoms with Crippen LogP contribution in [-0.4, -0.2) is 70.5 Å². The van der Waals surface area contributed by atoms with Gasteiger partial charge in [0.15, 0.2) is 6.10 Å². The van der Waals surface area contributed by atoms with Crippen molar-refractivity contribution < 1.29 is 23.5 Å². The van der Waals surface area contributed by atoms with E-state index in [9.17, 15) is 9.59 Å². The SMILES string of the molecule is Cc1cc(CN2CCN(C(=O)OC(C)C)[C@@H](C)C2)c(C)c(Nc2nnc([C@@H]3CNC(=O)O3)o2)c1. The number of alkyl carbamates (subject to hydrolysis) is 1. The lowest BCUT2D eigenvalue weighted by Gasteiger charge is -2.39. The van der Waals surface area contributed by atoms with Crippen LogP contribution in [0.3, 0.4) is 0 Å². The van der Waals surface area contributed by atoms with Crippen LogP contribution in [-0.2, 0) is 16.0 Å². The lowest BCUT2D eigenvalue weighted by Crippen LogP contribution is -2.54. The van der Waals surface area contributed by atoms with Gasteiger partial charge in [-0.25, -0.2) is 9.59 Å². The van der Waals surface area contributed by atoms with Crippen LogP contribution in [0.1, 0.15) is 49.5 Å². The van der Waals surface area contributed by atoms with E-state index in [4.69, 9.17) is 13.9 Å². The van der Waals surface area contributed by atoms with E-state index in [1.54, 1.807) is 4.90 Å². The number of rotatable bonds is 6. The van der Waals surface area contributed by atoms with E-state index in [0.29, 0.717) is 13.1 Å². The second kappa shape index (κ2) is 9.88. The molecule has 2 N–H and O–H groups in total. The molecule has 0 spiro atoms. The van der Waals surface area contributed by atoms with Crippen molar-refractivity contribution in [1.82, 2.24) is 25.3 Å². The number of carbonyl (C=O) groups is 2. The Kier molecular flexibility index (Phi) is 6.92. The van der Waals surface area contributed by atoms with Crippen molar-refractivity contribution in [2.24, 2.45) is 0 Å². The summed E-state index contributed by atoms with van der Waals surface area (Å²) in [5.74, 6) is 0.245. The van der Waals surface area contributed by atoms with E-state index in [1.165, 1.54) is 5.56 Å². The normalized spacial score (nSPS) is 20.9. The van der Waals surface area contributed by atoms with Crippen molar-refractivity contribution in [2.45, 2.75) is 59.4 Å². The van der Waals surface area contributed by atoms with E-state index < -0.39 is 12.2 Å². The maximum atomic E-state index is 12.3. The van der Waals surface area contributed by atoms with Gasteiger partial charge >= 0.3 is 18.2 Å². The first-order chi connectivity index (χ1) is 16.2. The zero-order valence-electron chi connectivity index (χ0n) is 20.3. The Hall–Kier alpha value is -3.34. The molecule has 4 rings (SSSR count). The number of hydrogen-bond donors (Lipinski definition) is 2. The highest BCUT2D eigenvalue weighted by molar-refractivity contribution is 5.69. The maximum absolute atomic E-state index is 12.3. The van der Waals surface area contributed by atoms with Crippen molar-refractivity contribution >= 4 is 23.9 Å². The fourth-order valence-electron chi connectivity index (χ4n) is 4.24. The molecule has 2 aliphatic rings. The highest BCUT2D eigenvalue weighted by Crippen LogP contribution is 2.28. The zero-order valence-corrected chi connectivity index (χ0v) is 20.3. The Bertz CT molecular complexity index is 1050. The third-order valence-electron chi connectivity index (χ3n) is 5.97. The predicted octanol–water partition coefficient (Wildman–Crippen LogP) is 3.26. The molecule has 2 saturated heterocycles. The Labute approximate surface area is 198 Å². The minimum Gasteiger partial charge on any atom is -0.447 e. The second-order valence-corrected chi connectivity index (χ2v) is 9.15. The molecule has 0 aliphatic carbocycles. The molecular formula is C23H32N6O5. The minimum atomic E-state index is -0.580. The molecule has 0 saturated carbocycles. The molecule has 1 aromatic heterocycles. The molecule has 1 aromatic carbocycles. The highest BCUT2D eigenvalue weighted by Gasteiger charge is 2.30. The van der Waals surface area contributed by atoms with Gasteiger partial charge in [0.1, 0.15) is 0 Å². The molecule has 11 nitrogen and oxygen atoms in total. The van der Waals surface area contributed by atoms with Crippen molar-refractivity contribution in [3.05, 3.63) is 34.7 Å². The van der Waals surface area contributed by atoms with Gasteiger partial charge in [-0.05, 0) is 57.4 Å². The van der Waals surface area contributed by atoms with E-state index in [0.717, 1.165) is 36.4 Å². The number of aryl methyl sites for hydroxylation is 1. The number of nitrogens with one attached hydrogen (secondary N) is 2. The van der Waals surface area contributed by atoms with E-state index in [1.807, 2.05) is 33.8 Å². The largest absolute Gasteiger partial charge is 0.447 e. The van der Waals surface area contributed by atoms with Gasteiger partial charge < -0.3 is 29.4 Å². The quantitative estimate of drug-likeness (QED) is 0.652. The third kappa shape index (κ3) is 5.41. The lowest BCUT2D eigenvalue weighted by molar-refractivity contribution is 0.0349. The molecular weight excluding hydrogens is 440 g/mol. The van der Waals surface area contributed by atoms with Crippen molar-refractivity contribution in [3.8, 4) is 0 Å². The predicted molar refractivity (Wildman–Crippen MR) is 124 cm³/mol. The van der Waals surface area contributed by atoms with Gasteiger partial charge in [0, 0.05) is 37.9 Å². The summed E-state index contributed by atoms with van der Waals surface area (Å²) in [4.78, 5) is 27.7. The molecule has 0 radical (unpaired) electrons. The van der Waals surface area contributed by atoms with Crippen molar-refractivity contribution in [3.63, 3.8) is 0 Å². The number of cyclic esters (lactones) is 1. The number of aromatic nitrogens is 2. The number of amides is 2. The molecule has 0 unspecified atom stereocenters. The molecule has 0 bridgehead atoms. The summed E-state index contributed by atoms with van der Waals surface area (Å²) in [5, 5.41) is 13.8. The Balaban J connectivity index is 1.42. The fraction of sp³-hybridized carbons (Fsp3) is 0.565. The first kappa shape index (κ1) is 23.8. The molecule has 2 aromatic rings. The van der Waals surface area contributed by atoms with Crippen molar-refractivity contribution in [2.75, 3.05) is 31.5 Å². The summed E-state index contributed by atoms with van der Waals surface area (Å²) < 4.78 is 16.1. The summed E-state index contributed by atoms with van der Waals surface area (Å²) >= 11 is 0. The summed E-state index contributed by atoms with van der Waals surface area (Å²) in [6, 6.07) is 4.51. The molecule has 2 atom stereocenters. The molecule has 3 heterocycles. The topological polar surface area (TPSA) is 122 Å². The number of benzene rings is 1. The van der Waals surface area contributed by atoms with E-state index >= 15 is 0 Å². The van der Waals surface area contributed by atoms with E-state index in [-0.39, 0.29) is 30.1 Å². The van der Waals surface area contributed by atoms with Crippen LogP contribution in [0.2, 0.25) is 0 Å². The first-order valence-electron chi connectivity index (χ1n) is 11.5. The van der Waals surface area contributed by atoms with Crippen LogP contribution in [0.25, 0.3) is 0 Å². The second-order valence-electron chi connectivity index (χ2n) is 9.15. The first-order valence-corrected chi connectivity index (χ1v) is 11.5. The van der Waals surface area contributed by atoms with Gasteiger partial charge in [0.2, 0.25) is 0 Å².